The molecule has 0 radical (unpaired) electrons. The minimum absolute atomic E-state index is 0.445. The Morgan fingerprint density at radius 3 is 2.19 bits per heavy atom. The average molecular weight is 281 g/mol. The van der Waals surface area contributed by atoms with Crippen molar-refractivity contribution >= 4 is 23.0 Å². The van der Waals surface area contributed by atoms with Gasteiger partial charge in [0, 0.05) is 5.56 Å². The fourth-order valence-electron chi connectivity index (χ4n) is 3.51. The molecule has 1 aliphatic rings. The monoisotopic (exact) mass is 281 g/mol. The Morgan fingerprint density at radius 1 is 0.952 bits per heavy atom. The maximum absolute atomic E-state index is 12.0. The second-order valence-corrected chi connectivity index (χ2v) is 5.69. The van der Waals surface area contributed by atoms with Crippen LogP contribution in [0.2, 0.25) is 0 Å². The van der Waals surface area contributed by atoms with E-state index in [0.717, 1.165) is 48.3 Å². The fourth-order valence-corrected chi connectivity index (χ4v) is 3.51. The number of fused-ring (bicyclic) bond motifs is 3. The number of carbonyl (C=O) groups excluding carboxylic acids is 2. The van der Waals surface area contributed by atoms with E-state index in [9.17, 15) is 9.59 Å². The van der Waals surface area contributed by atoms with Crippen molar-refractivity contribution in [3.8, 4) is 0 Å². The third-order valence-corrected chi connectivity index (χ3v) is 4.45. The SMILES string of the molecule is NC(=O)c1c2c(c3ccccc3c1C=O)CCCCCC2. The molecule has 2 N–H and O–H groups in total. The summed E-state index contributed by atoms with van der Waals surface area (Å²) >= 11 is 0. The zero-order valence-corrected chi connectivity index (χ0v) is 12.0. The quantitative estimate of drug-likeness (QED) is 0.857. The number of rotatable bonds is 2. The van der Waals surface area contributed by atoms with Crippen molar-refractivity contribution in [1.29, 1.82) is 0 Å². The number of primary amides is 1. The Morgan fingerprint density at radius 2 is 1.57 bits per heavy atom. The van der Waals surface area contributed by atoms with Gasteiger partial charge in [0.15, 0.2) is 6.29 Å². The molecule has 0 unspecified atom stereocenters. The van der Waals surface area contributed by atoms with Crippen LogP contribution in [-0.4, -0.2) is 12.2 Å². The first-order valence-electron chi connectivity index (χ1n) is 7.55. The summed E-state index contributed by atoms with van der Waals surface area (Å²) in [6.45, 7) is 0. The van der Waals surface area contributed by atoms with Crippen molar-refractivity contribution in [1.82, 2.24) is 0 Å². The van der Waals surface area contributed by atoms with Crippen molar-refractivity contribution in [2.24, 2.45) is 5.73 Å². The van der Waals surface area contributed by atoms with Crippen molar-refractivity contribution in [2.45, 2.75) is 38.5 Å². The van der Waals surface area contributed by atoms with E-state index in [1.807, 2.05) is 24.3 Å². The Bertz CT molecular complexity index is 719. The molecule has 1 amide bonds. The molecule has 2 aromatic carbocycles. The molecule has 1 aliphatic carbocycles. The smallest absolute Gasteiger partial charge is 0.249 e. The van der Waals surface area contributed by atoms with Gasteiger partial charge < -0.3 is 5.73 Å². The van der Waals surface area contributed by atoms with Gasteiger partial charge in [0.05, 0.1) is 5.56 Å². The van der Waals surface area contributed by atoms with Crippen LogP contribution in [0, 0.1) is 0 Å². The van der Waals surface area contributed by atoms with E-state index in [2.05, 4.69) is 0 Å². The summed E-state index contributed by atoms with van der Waals surface area (Å²) in [5.74, 6) is -0.486. The van der Waals surface area contributed by atoms with Gasteiger partial charge in [-0.2, -0.15) is 0 Å². The highest BCUT2D eigenvalue weighted by molar-refractivity contribution is 6.11. The number of hydrogen-bond acceptors (Lipinski definition) is 2. The summed E-state index contributed by atoms with van der Waals surface area (Å²) < 4.78 is 0. The molecule has 2 aromatic rings. The van der Waals surface area contributed by atoms with E-state index in [4.69, 9.17) is 5.73 Å². The topological polar surface area (TPSA) is 60.2 Å². The number of aldehydes is 1. The fraction of sp³-hybridized carbons (Fsp3) is 0.333. The first-order chi connectivity index (χ1) is 10.2. The van der Waals surface area contributed by atoms with Gasteiger partial charge in [-0.15, -0.1) is 0 Å². The van der Waals surface area contributed by atoms with Crippen LogP contribution in [0.25, 0.3) is 10.8 Å². The van der Waals surface area contributed by atoms with Crippen LogP contribution in [0.4, 0.5) is 0 Å². The third-order valence-electron chi connectivity index (χ3n) is 4.45. The molecule has 108 valence electrons. The standard InChI is InChI=1S/C18H19NO2/c19-18(21)17-15-10-4-2-1-3-7-13(15)12-8-5-6-9-14(12)16(17)11-20/h5-6,8-9,11H,1-4,7,10H2,(H2,19,21). The lowest BCUT2D eigenvalue weighted by Gasteiger charge is -2.21. The highest BCUT2D eigenvalue weighted by Crippen LogP contribution is 2.33. The summed E-state index contributed by atoms with van der Waals surface area (Å²) in [6, 6.07) is 7.84. The molecule has 0 atom stereocenters. The predicted octanol–water partition coefficient (Wildman–Crippen LogP) is 3.41. The van der Waals surface area contributed by atoms with Crippen molar-refractivity contribution in [3.63, 3.8) is 0 Å². The highest BCUT2D eigenvalue weighted by Gasteiger charge is 2.22. The summed E-state index contributed by atoms with van der Waals surface area (Å²) in [5, 5.41) is 1.95. The van der Waals surface area contributed by atoms with Crippen LogP contribution < -0.4 is 5.73 Å². The van der Waals surface area contributed by atoms with E-state index in [1.165, 1.54) is 18.4 Å². The number of nitrogens with two attached hydrogens (primary N) is 1. The second kappa shape index (κ2) is 5.68. The van der Waals surface area contributed by atoms with Gasteiger partial charge in [-0.3, -0.25) is 9.59 Å². The normalized spacial score (nSPS) is 15.0. The molecule has 0 saturated heterocycles. The van der Waals surface area contributed by atoms with Crippen LogP contribution in [0.3, 0.4) is 0 Å². The van der Waals surface area contributed by atoms with E-state index in [-0.39, 0.29) is 0 Å². The van der Waals surface area contributed by atoms with Crippen molar-refractivity contribution in [3.05, 3.63) is 46.5 Å². The summed E-state index contributed by atoms with van der Waals surface area (Å²) in [7, 11) is 0. The number of carbonyl (C=O) groups is 2. The predicted molar refractivity (Wildman–Crippen MR) is 83.7 cm³/mol. The Labute approximate surface area is 124 Å². The first kappa shape index (κ1) is 13.8. The second-order valence-electron chi connectivity index (χ2n) is 5.69. The molecule has 0 fully saturated rings. The molecular weight excluding hydrogens is 262 g/mol. The molecule has 3 heteroatoms. The van der Waals surface area contributed by atoms with Crippen molar-refractivity contribution < 1.29 is 9.59 Å². The summed E-state index contributed by atoms with van der Waals surface area (Å²) in [4.78, 5) is 23.5. The van der Waals surface area contributed by atoms with Crippen LogP contribution >= 0.6 is 0 Å². The van der Waals surface area contributed by atoms with Gasteiger partial charge in [-0.05, 0) is 47.6 Å². The third kappa shape index (κ3) is 2.33. The number of amides is 1. The maximum atomic E-state index is 12.0. The minimum Gasteiger partial charge on any atom is -0.366 e. The van der Waals surface area contributed by atoms with Crippen LogP contribution in [-0.2, 0) is 12.8 Å². The number of benzene rings is 2. The first-order valence-corrected chi connectivity index (χ1v) is 7.55. The van der Waals surface area contributed by atoms with E-state index < -0.39 is 5.91 Å². The van der Waals surface area contributed by atoms with Crippen molar-refractivity contribution in [2.75, 3.05) is 0 Å². The summed E-state index contributed by atoms with van der Waals surface area (Å²) in [6.07, 6.45) is 7.12. The van der Waals surface area contributed by atoms with Gasteiger partial charge in [0.2, 0.25) is 5.91 Å². The van der Waals surface area contributed by atoms with Crippen LogP contribution in [0.1, 0.15) is 57.5 Å². The molecule has 21 heavy (non-hydrogen) atoms. The van der Waals surface area contributed by atoms with Gasteiger partial charge in [0.1, 0.15) is 0 Å². The lowest BCUT2D eigenvalue weighted by atomic mass is 9.83. The molecule has 0 spiro atoms. The van der Waals surface area contributed by atoms with E-state index in [1.54, 1.807) is 0 Å². The molecule has 0 heterocycles. The zero-order chi connectivity index (χ0) is 14.8. The zero-order valence-electron chi connectivity index (χ0n) is 12.0. The van der Waals surface area contributed by atoms with E-state index in [0.29, 0.717) is 11.1 Å². The molecule has 3 rings (SSSR count). The molecule has 0 aromatic heterocycles. The molecule has 3 nitrogen and oxygen atoms in total. The molecule has 0 saturated carbocycles. The minimum atomic E-state index is -0.486. The Kier molecular flexibility index (Phi) is 3.74. The number of hydrogen-bond donors (Lipinski definition) is 1. The molecule has 0 bridgehead atoms. The maximum Gasteiger partial charge on any atom is 0.249 e. The van der Waals surface area contributed by atoms with Gasteiger partial charge in [-0.1, -0.05) is 37.1 Å². The largest absolute Gasteiger partial charge is 0.366 e. The highest BCUT2D eigenvalue weighted by atomic mass is 16.1. The summed E-state index contributed by atoms with van der Waals surface area (Å²) in [5.41, 5.74) is 8.71. The molecule has 0 aliphatic heterocycles. The lowest BCUT2D eigenvalue weighted by molar-refractivity contribution is 0.0992. The Balaban J connectivity index is 2.42. The van der Waals surface area contributed by atoms with Crippen LogP contribution in [0.5, 0.6) is 0 Å². The average Bonchev–Trinajstić information content (AvgIpc) is 2.46. The van der Waals surface area contributed by atoms with Gasteiger partial charge in [-0.25, -0.2) is 0 Å². The van der Waals surface area contributed by atoms with E-state index >= 15 is 0 Å². The van der Waals surface area contributed by atoms with Gasteiger partial charge >= 0.3 is 0 Å². The van der Waals surface area contributed by atoms with Crippen LogP contribution in [0.15, 0.2) is 24.3 Å². The van der Waals surface area contributed by atoms with Gasteiger partial charge in [0.25, 0.3) is 0 Å². The molecular formula is C18H19NO2. The lowest BCUT2D eigenvalue weighted by Crippen LogP contribution is -2.19. The number of aryl methyl sites for hydroxylation is 1. The Hall–Kier alpha value is -2.16.